The van der Waals surface area contributed by atoms with E-state index in [1.54, 1.807) is 25.6 Å². The molecule has 0 aliphatic carbocycles. The average molecular weight is 511 g/mol. The van der Waals surface area contributed by atoms with Crippen molar-refractivity contribution < 1.29 is 13.9 Å². The molecule has 5 nitrogen and oxygen atoms in total. The molecule has 196 valence electrons. The van der Waals surface area contributed by atoms with Gasteiger partial charge in [-0.3, -0.25) is 4.79 Å². The number of carbonyl (C=O) groups excluding carboxylic acids is 1. The molecule has 6 heteroatoms. The number of carbonyl (C=O) groups is 1. The summed E-state index contributed by atoms with van der Waals surface area (Å²) < 4.78 is 11.0. The van der Waals surface area contributed by atoms with Crippen molar-refractivity contribution in [3.63, 3.8) is 0 Å². The maximum absolute atomic E-state index is 13.7. The van der Waals surface area contributed by atoms with Crippen LogP contribution in [0, 0.1) is 0 Å². The molecule has 0 radical (unpaired) electrons. The minimum atomic E-state index is -0.258. The Labute approximate surface area is 220 Å². The third-order valence-electron chi connectivity index (χ3n) is 6.79. The van der Waals surface area contributed by atoms with Gasteiger partial charge < -0.3 is 14.9 Å². The van der Waals surface area contributed by atoms with Crippen LogP contribution < -0.4 is 10.5 Å². The minimum absolute atomic E-state index is 0.0816. The molecular formula is C30H42N2O3S. The van der Waals surface area contributed by atoms with Gasteiger partial charge in [-0.2, -0.15) is 0 Å². The van der Waals surface area contributed by atoms with E-state index in [1.807, 2.05) is 24.3 Å². The molecule has 0 aliphatic heterocycles. The summed E-state index contributed by atoms with van der Waals surface area (Å²) in [6.45, 7) is 2.27. The Morgan fingerprint density at radius 3 is 2.22 bits per heavy atom. The highest BCUT2D eigenvalue weighted by molar-refractivity contribution is 7.15. The summed E-state index contributed by atoms with van der Waals surface area (Å²) in [6, 6.07) is 9.19. The number of nitrogen functional groups attached to an aromatic ring is 1. The second-order valence-electron chi connectivity index (χ2n) is 9.57. The number of benzene rings is 1. The van der Waals surface area contributed by atoms with E-state index in [4.69, 9.17) is 14.9 Å². The predicted octanol–water partition coefficient (Wildman–Crippen LogP) is 9.05. The zero-order chi connectivity index (χ0) is 25.6. The van der Waals surface area contributed by atoms with E-state index >= 15 is 0 Å². The lowest BCUT2D eigenvalue weighted by atomic mass is 9.90. The third kappa shape index (κ3) is 8.22. The van der Waals surface area contributed by atoms with Crippen molar-refractivity contribution in [2.45, 2.75) is 96.3 Å². The van der Waals surface area contributed by atoms with Crippen molar-refractivity contribution in [1.29, 1.82) is 0 Å². The van der Waals surface area contributed by atoms with E-state index in [9.17, 15) is 4.79 Å². The van der Waals surface area contributed by atoms with Gasteiger partial charge >= 0.3 is 0 Å². The smallest absolute Gasteiger partial charge is 0.185 e. The Balaban J connectivity index is 1.55. The Kier molecular flexibility index (Phi) is 12.0. The zero-order valence-electron chi connectivity index (χ0n) is 22.0. The first-order valence-electron chi connectivity index (χ1n) is 13.6. The number of rotatable bonds is 18. The first-order chi connectivity index (χ1) is 17.7. The molecule has 0 spiro atoms. The maximum Gasteiger partial charge on any atom is 0.185 e. The largest absolute Gasteiger partial charge is 0.496 e. The van der Waals surface area contributed by atoms with Gasteiger partial charge in [0, 0.05) is 17.1 Å². The Bertz CT molecular complexity index is 1040. The van der Waals surface area contributed by atoms with Crippen LogP contribution in [0.3, 0.4) is 0 Å². The van der Waals surface area contributed by atoms with Crippen molar-refractivity contribution in [2.75, 3.05) is 12.8 Å². The molecule has 0 saturated carbocycles. The maximum atomic E-state index is 13.7. The fraction of sp³-hybridized carbons (Fsp3) is 0.533. The van der Waals surface area contributed by atoms with Gasteiger partial charge in [0.1, 0.15) is 5.75 Å². The fourth-order valence-electron chi connectivity index (χ4n) is 4.67. The first-order valence-corrected chi connectivity index (χ1v) is 14.4. The fourth-order valence-corrected chi connectivity index (χ4v) is 5.73. The highest BCUT2D eigenvalue weighted by Gasteiger charge is 2.27. The summed E-state index contributed by atoms with van der Waals surface area (Å²) >= 11 is 1.49. The molecule has 1 unspecified atom stereocenters. The number of hydrogen-bond donors (Lipinski definition) is 1. The minimum Gasteiger partial charge on any atom is -0.496 e. The summed E-state index contributed by atoms with van der Waals surface area (Å²) in [6.07, 6.45) is 19.7. The first kappa shape index (κ1) is 28.0. The number of anilines is 1. The topological polar surface area (TPSA) is 78.3 Å². The molecule has 3 aromatic rings. The molecular weight excluding hydrogens is 468 g/mol. The Morgan fingerprint density at radius 1 is 0.972 bits per heavy atom. The van der Waals surface area contributed by atoms with Crippen molar-refractivity contribution in [3.05, 3.63) is 53.2 Å². The van der Waals surface area contributed by atoms with Crippen LogP contribution in [0.2, 0.25) is 0 Å². The number of para-hydroxylation sites is 1. The molecule has 2 N–H and O–H groups in total. The van der Waals surface area contributed by atoms with Crippen LogP contribution in [0.1, 0.15) is 112 Å². The Hall–Kier alpha value is -2.60. The van der Waals surface area contributed by atoms with E-state index < -0.39 is 0 Å². The van der Waals surface area contributed by atoms with Gasteiger partial charge in [-0.05, 0) is 18.6 Å². The molecule has 1 aromatic carbocycles. The number of hydrogen-bond acceptors (Lipinski definition) is 6. The summed E-state index contributed by atoms with van der Waals surface area (Å²) in [5.41, 5.74) is 7.20. The SMILES string of the molecule is CCCCCCCCCCCCCCC(C(=O)c1ccccc1OC)c1cnc(-c2occc2N)s1. The number of unbranched alkanes of at least 4 members (excludes halogenated alkanes) is 11. The van der Waals surface area contributed by atoms with Crippen LogP contribution in [0.25, 0.3) is 10.8 Å². The molecule has 0 bridgehead atoms. The number of furan rings is 1. The van der Waals surface area contributed by atoms with Crippen LogP contribution in [0.4, 0.5) is 5.69 Å². The van der Waals surface area contributed by atoms with Crippen LogP contribution in [-0.4, -0.2) is 17.9 Å². The van der Waals surface area contributed by atoms with Gasteiger partial charge in [0.05, 0.1) is 30.5 Å². The van der Waals surface area contributed by atoms with Gasteiger partial charge in [0.25, 0.3) is 0 Å². The number of ketones is 1. The van der Waals surface area contributed by atoms with Gasteiger partial charge in [0.2, 0.25) is 0 Å². The van der Waals surface area contributed by atoms with E-state index in [0.717, 1.165) is 24.1 Å². The average Bonchev–Trinajstić information content (AvgIpc) is 3.55. The van der Waals surface area contributed by atoms with Crippen molar-refractivity contribution >= 4 is 22.8 Å². The lowest BCUT2D eigenvalue weighted by molar-refractivity contribution is 0.0952. The number of ether oxygens (including phenoxy) is 1. The molecule has 2 aromatic heterocycles. The van der Waals surface area contributed by atoms with E-state index in [2.05, 4.69) is 11.9 Å². The van der Waals surface area contributed by atoms with E-state index in [0.29, 0.717) is 27.8 Å². The molecule has 0 fully saturated rings. The molecule has 0 amide bonds. The van der Waals surface area contributed by atoms with Crippen LogP contribution in [-0.2, 0) is 0 Å². The second-order valence-corrected chi connectivity index (χ2v) is 10.6. The molecule has 36 heavy (non-hydrogen) atoms. The van der Waals surface area contributed by atoms with Crippen molar-refractivity contribution in [2.24, 2.45) is 0 Å². The van der Waals surface area contributed by atoms with Gasteiger partial charge in [-0.25, -0.2) is 4.98 Å². The second kappa shape index (κ2) is 15.5. The number of nitrogens with two attached hydrogens (primary N) is 1. The molecule has 2 heterocycles. The molecule has 0 saturated heterocycles. The van der Waals surface area contributed by atoms with E-state index in [1.165, 1.54) is 75.5 Å². The zero-order valence-corrected chi connectivity index (χ0v) is 22.8. The summed E-state index contributed by atoms with van der Waals surface area (Å²) in [7, 11) is 1.61. The Morgan fingerprint density at radius 2 is 1.61 bits per heavy atom. The van der Waals surface area contributed by atoms with Crippen LogP contribution in [0.5, 0.6) is 5.75 Å². The van der Waals surface area contributed by atoms with Crippen molar-refractivity contribution in [3.8, 4) is 16.5 Å². The van der Waals surface area contributed by atoms with Gasteiger partial charge in [-0.15, -0.1) is 11.3 Å². The number of nitrogens with zero attached hydrogens (tertiary/aromatic N) is 1. The summed E-state index contributed by atoms with van der Waals surface area (Å²) in [4.78, 5) is 19.1. The van der Waals surface area contributed by atoms with Gasteiger partial charge in [-0.1, -0.05) is 96.1 Å². The molecule has 0 aliphatic rings. The normalized spacial score (nSPS) is 12.1. The number of methoxy groups -OCH3 is 1. The number of thiazole rings is 1. The number of aromatic nitrogens is 1. The monoisotopic (exact) mass is 510 g/mol. The molecule has 3 rings (SSSR count). The lowest BCUT2D eigenvalue weighted by Gasteiger charge is -2.16. The highest BCUT2D eigenvalue weighted by Crippen LogP contribution is 2.37. The lowest BCUT2D eigenvalue weighted by Crippen LogP contribution is -2.13. The van der Waals surface area contributed by atoms with E-state index in [-0.39, 0.29) is 11.7 Å². The molecule has 1 atom stereocenters. The summed E-state index contributed by atoms with van der Waals surface area (Å²) in [5.74, 6) is 1.01. The summed E-state index contributed by atoms with van der Waals surface area (Å²) in [5, 5.41) is 0.708. The van der Waals surface area contributed by atoms with Crippen LogP contribution >= 0.6 is 11.3 Å². The third-order valence-corrected chi connectivity index (χ3v) is 7.90. The van der Waals surface area contributed by atoms with Crippen molar-refractivity contribution in [1.82, 2.24) is 4.98 Å². The predicted molar refractivity (Wildman–Crippen MR) is 150 cm³/mol. The number of Topliss-reactive ketones (excluding diaryl/α,β-unsaturated/α-hetero) is 1. The van der Waals surface area contributed by atoms with Gasteiger partial charge in [0.15, 0.2) is 16.6 Å². The highest BCUT2D eigenvalue weighted by atomic mass is 32.1. The standard InChI is InChI=1S/C30H42N2O3S/c1-3-4-5-6-7-8-9-10-11-12-13-14-18-24(28(33)23-17-15-16-19-26(23)34-2)27-22-32-30(36-27)29-25(31)20-21-35-29/h15-17,19-22,24H,3-14,18,31H2,1-2H3. The quantitative estimate of drug-likeness (QED) is 0.136. The van der Waals surface area contributed by atoms with Crippen LogP contribution in [0.15, 0.2) is 47.2 Å².